The van der Waals surface area contributed by atoms with Crippen molar-refractivity contribution in [1.29, 1.82) is 0 Å². The molecule has 0 atom stereocenters. The monoisotopic (exact) mass is 322 g/mol. The van der Waals surface area contributed by atoms with Gasteiger partial charge in [-0.15, -0.1) is 0 Å². The minimum absolute atomic E-state index is 0.0474. The van der Waals surface area contributed by atoms with Crippen molar-refractivity contribution in [3.05, 3.63) is 47.5 Å². The van der Waals surface area contributed by atoms with Crippen molar-refractivity contribution in [2.45, 2.75) is 0 Å². The molecule has 2 aromatic carbocycles. The van der Waals surface area contributed by atoms with Crippen molar-refractivity contribution in [3.63, 3.8) is 0 Å². The third-order valence-electron chi connectivity index (χ3n) is 2.49. The van der Waals surface area contributed by atoms with Crippen molar-refractivity contribution in [3.8, 4) is 11.5 Å². The van der Waals surface area contributed by atoms with E-state index in [4.69, 9.17) is 0 Å². The van der Waals surface area contributed by atoms with Crippen LogP contribution in [0.2, 0.25) is 0 Å². The SMILES string of the molecule is O=Cc1cc([Se]c2ccc(O)c(C=O)c2)ccc1O. The molecule has 0 aliphatic carbocycles. The normalized spacial score (nSPS) is 10.1. The predicted molar refractivity (Wildman–Crippen MR) is 72.0 cm³/mol. The van der Waals surface area contributed by atoms with E-state index in [0.29, 0.717) is 12.6 Å². The first-order valence-electron chi connectivity index (χ1n) is 5.38. The van der Waals surface area contributed by atoms with Crippen LogP contribution in [0, 0.1) is 0 Å². The molecule has 0 heterocycles. The Morgan fingerprint density at radius 1 is 0.789 bits per heavy atom. The van der Waals surface area contributed by atoms with Gasteiger partial charge in [0.15, 0.2) is 0 Å². The van der Waals surface area contributed by atoms with E-state index >= 15 is 0 Å². The fourth-order valence-corrected chi connectivity index (χ4v) is 3.44. The van der Waals surface area contributed by atoms with Gasteiger partial charge in [-0.05, 0) is 0 Å². The van der Waals surface area contributed by atoms with E-state index in [9.17, 15) is 19.8 Å². The van der Waals surface area contributed by atoms with Crippen LogP contribution < -0.4 is 8.92 Å². The average molecular weight is 321 g/mol. The number of carbonyl (C=O) groups is 2. The number of rotatable bonds is 4. The maximum atomic E-state index is 10.7. The molecule has 0 bridgehead atoms. The van der Waals surface area contributed by atoms with Gasteiger partial charge in [0.1, 0.15) is 0 Å². The number of aldehydes is 2. The molecule has 2 aromatic rings. The second-order valence-corrected chi connectivity index (χ2v) is 6.19. The average Bonchev–Trinajstić information content (AvgIpc) is 2.43. The molecule has 96 valence electrons. The summed E-state index contributed by atoms with van der Waals surface area (Å²) < 4.78 is 1.80. The summed E-state index contributed by atoms with van der Waals surface area (Å²) in [5, 5.41) is 18.8. The van der Waals surface area contributed by atoms with Gasteiger partial charge in [-0.1, -0.05) is 0 Å². The molecular formula is C14H10O4Se. The van der Waals surface area contributed by atoms with Gasteiger partial charge in [-0.2, -0.15) is 0 Å². The zero-order valence-electron chi connectivity index (χ0n) is 9.74. The summed E-state index contributed by atoms with van der Waals surface area (Å²) in [6.45, 7) is 0. The molecule has 4 nitrogen and oxygen atoms in total. The summed E-state index contributed by atoms with van der Waals surface area (Å²) >= 11 is -0.114. The van der Waals surface area contributed by atoms with Crippen LogP contribution in [0.4, 0.5) is 0 Å². The molecule has 0 unspecified atom stereocenters. The first kappa shape index (κ1) is 13.3. The Bertz CT molecular complexity index is 582. The zero-order valence-corrected chi connectivity index (χ0v) is 11.5. The molecule has 2 rings (SSSR count). The predicted octanol–water partition coefficient (Wildman–Crippen LogP) is 0.378. The first-order chi connectivity index (χ1) is 9.13. The standard InChI is InChI=1S/C14H10O4Se/c15-7-9-5-11(1-3-13(9)17)19-12-2-4-14(18)10(6-12)8-16/h1-8,17-18H. The summed E-state index contributed by atoms with van der Waals surface area (Å²) in [6.07, 6.45) is 1.20. The molecule has 5 heteroatoms. The number of phenols is 2. The van der Waals surface area contributed by atoms with E-state index < -0.39 is 0 Å². The van der Waals surface area contributed by atoms with E-state index in [2.05, 4.69) is 0 Å². The van der Waals surface area contributed by atoms with E-state index in [1.54, 1.807) is 24.3 Å². The second kappa shape index (κ2) is 5.69. The summed E-state index contributed by atoms with van der Waals surface area (Å²) in [5.41, 5.74) is 0.488. The summed E-state index contributed by atoms with van der Waals surface area (Å²) in [5.74, 6) is -0.0947. The Labute approximate surface area is 115 Å². The number of hydrogen-bond acceptors (Lipinski definition) is 4. The van der Waals surface area contributed by atoms with Crippen LogP contribution in [-0.4, -0.2) is 37.7 Å². The molecule has 0 amide bonds. The van der Waals surface area contributed by atoms with Crippen molar-refractivity contribution < 1.29 is 19.8 Å². The molecule has 19 heavy (non-hydrogen) atoms. The van der Waals surface area contributed by atoms with E-state index in [1.165, 1.54) is 12.1 Å². The fourth-order valence-electron chi connectivity index (χ4n) is 1.52. The van der Waals surface area contributed by atoms with Gasteiger partial charge < -0.3 is 0 Å². The van der Waals surface area contributed by atoms with Crippen molar-refractivity contribution in [1.82, 2.24) is 0 Å². The van der Waals surface area contributed by atoms with E-state index in [0.717, 1.165) is 8.92 Å². The maximum absolute atomic E-state index is 10.7. The molecule has 0 radical (unpaired) electrons. The fraction of sp³-hybridized carbons (Fsp3) is 0. The van der Waals surface area contributed by atoms with Crippen LogP contribution in [0.1, 0.15) is 20.7 Å². The molecule has 0 fully saturated rings. The van der Waals surface area contributed by atoms with Gasteiger partial charge in [0.05, 0.1) is 0 Å². The molecule has 0 aliphatic rings. The van der Waals surface area contributed by atoms with Gasteiger partial charge >= 0.3 is 115 Å². The number of hydrogen-bond donors (Lipinski definition) is 2. The van der Waals surface area contributed by atoms with Gasteiger partial charge in [0.25, 0.3) is 0 Å². The van der Waals surface area contributed by atoms with E-state index in [-0.39, 0.29) is 37.6 Å². The number of phenolic OH excluding ortho intramolecular Hbond substituents is 2. The number of benzene rings is 2. The molecule has 0 aliphatic heterocycles. The van der Waals surface area contributed by atoms with Crippen LogP contribution >= 0.6 is 0 Å². The van der Waals surface area contributed by atoms with Crippen molar-refractivity contribution in [2.75, 3.05) is 0 Å². The van der Waals surface area contributed by atoms with Crippen LogP contribution in [-0.2, 0) is 0 Å². The van der Waals surface area contributed by atoms with Crippen LogP contribution in [0.3, 0.4) is 0 Å². The van der Waals surface area contributed by atoms with Crippen molar-refractivity contribution in [2.24, 2.45) is 0 Å². The second-order valence-electron chi connectivity index (χ2n) is 3.78. The molecule has 2 N–H and O–H groups in total. The quantitative estimate of drug-likeness (QED) is 0.631. The summed E-state index contributed by atoms with van der Waals surface area (Å²) in [7, 11) is 0. The zero-order chi connectivity index (χ0) is 13.8. The number of carbonyl (C=O) groups excluding carboxylic acids is 2. The Morgan fingerprint density at radius 2 is 1.21 bits per heavy atom. The summed E-state index contributed by atoms with van der Waals surface area (Å²) in [4.78, 5) is 21.5. The molecule has 0 spiro atoms. The summed E-state index contributed by atoms with van der Waals surface area (Å²) in [6, 6.07) is 9.65. The Balaban J connectivity index is 2.30. The van der Waals surface area contributed by atoms with E-state index in [1.807, 2.05) is 0 Å². The molecule has 0 saturated carbocycles. The van der Waals surface area contributed by atoms with Gasteiger partial charge in [-0.3, -0.25) is 0 Å². The van der Waals surface area contributed by atoms with Crippen LogP contribution in [0.5, 0.6) is 11.5 Å². The minimum atomic E-state index is -0.114. The van der Waals surface area contributed by atoms with Crippen molar-refractivity contribution >= 4 is 36.5 Å². The Hall–Kier alpha value is -2.10. The Morgan fingerprint density at radius 3 is 1.58 bits per heavy atom. The topological polar surface area (TPSA) is 74.6 Å². The first-order valence-corrected chi connectivity index (χ1v) is 7.09. The molecular weight excluding hydrogens is 311 g/mol. The number of aromatic hydroxyl groups is 2. The molecule has 0 saturated heterocycles. The third kappa shape index (κ3) is 3.02. The van der Waals surface area contributed by atoms with Gasteiger partial charge in [-0.25, -0.2) is 0 Å². The van der Waals surface area contributed by atoms with Gasteiger partial charge in [0, 0.05) is 0 Å². The third-order valence-corrected chi connectivity index (χ3v) is 4.54. The van der Waals surface area contributed by atoms with Crippen LogP contribution in [0.15, 0.2) is 36.4 Å². The van der Waals surface area contributed by atoms with Crippen LogP contribution in [0.25, 0.3) is 0 Å². The molecule has 0 aromatic heterocycles. The Kier molecular flexibility index (Phi) is 4.00. The van der Waals surface area contributed by atoms with Gasteiger partial charge in [0.2, 0.25) is 0 Å².